The Kier molecular flexibility index (Phi) is 4.39. The van der Waals surface area contributed by atoms with Crippen molar-refractivity contribution in [1.29, 1.82) is 0 Å². The highest BCUT2D eigenvalue weighted by atomic mass is 16.7. The van der Waals surface area contributed by atoms with Gasteiger partial charge in [0.2, 0.25) is 0 Å². The topological polar surface area (TPSA) is 64.4 Å². The summed E-state index contributed by atoms with van der Waals surface area (Å²) in [7, 11) is 0. The number of rotatable bonds is 3. The lowest BCUT2D eigenvalue weighted by atomic mass is 9.89. The van der Waals surface area contributed by atoms with E-state index < -0.39 is 0 Å². The number of hydrogen-bond acceptors (Lipinski definition) is 5. The average molecular weight is 247 g/mol. The van der Waals surface area contributed by atoms with Crippen LogP contribution in [0.4, 0.5) is 0 Å². The SMILES string of the molecule is C/C(=N/OC(=O)C1CCCCC1)c1cnccn1. The Morgan fingerprint density at radius 2 is 2.11 bits per heavy atom. The van der Waals surface area contributed by atoms with Crippen LogP contribution in [0.3, 0.4) is 0 Å². The summed E-state index contributed by atoms with van der Waals surface area (Å²) in [5.41, 5.74) is 1.18. The molecule has 0 bridgehead atoms. The van der Waals surface area contributed by atoms with Gasteiger partial charge in [-0.15, -0.1) is 0 Å². The Morgan fingerprint density at radius 1 is 1.33 bits per heavy atom. The molecule has 1 heterocycles. The Morgan fingerprint density at radius 3 is 2.78 bits per heavy atom. The van der Waals surface area contributed by atoms with Gasteiger partial charge in [-0.05, 0) is 19.8 Å². The Balaban J connectivity index is 1.91. The molecule has 0 atom stereocenters. The first-order valence-corrected chi connectivity index (χ1v) is 6.29. The number of nitrogens with zero attached hydrogens (tertiary/aromatic N) is 3. The standard InChI is InChI=1S/C13H17N3O2/c1-10(12-9-14-7-8-15-12)16-18-13(17)11-5-3-2-4-6-11/h7-9,11H,2-6H2,1H3/b16-10-. The van der Waals surface area contributed by atoms with E-state index in [0.717, 1.165) is 25.7 Å². The second-order valence-electron chi connectivity index (χ2n) is 4.51. The van der Waals surface area contributed by atoms with Crippen molar-refractivity contribution in [2.24, 2.45) is 11.1 Å². The van der Waals surface area contributed by atoms with Crippen LogP contribution >= 0.6 is 0 Å². The van der Waals surface area contributed by atoms with Crippen molar-refractivity contribution in [3.63, 3.8) is 0 Å². The predicted octanol–water partition coefficient (Wildman–Crippen LogP) is 2.32. The third kappa shape index (κ3) is 3.35. The molecule has 96 valence electrons. The average Bonchev–Trinajstić information content (AvgIpc) is 2.46. The van der Waals surface area contributed by atoms with Crippen molar-refractivity contribution in [3.05, 3.63) is 24.3 Å². The summed E-state index contributed by atoms with van der Waals surface area (Å²) >= 11 is 0. The zero-order valence-corrected chi connectivity index (χ0v) is 10.5. The molecule has 1 fully saturated rings. The minimum absolute atomic E-state index is 0.0113. The second kappa shape index (κ2) is 6.23. The molecule has 0 spiro atoms. The van der Waals surface area contributed by atoms with Crippen molar-refractivity contribution in [1.82, 2.24) is 9.97 Å². The molecule has 0 aliphatic heterocycles. The van der Waals surface area contributed by atoms with Crippen LogP contribution < -0.4 is 0 Å². The molecule has 1 aliphatic carbocycles. The molecule has 1 aromatic rings. The number of hydrogen-bond donors (Lipinski definition) is 0. The maximum Gasteiger partial charge on any atom is 0.338 e. The van der Waals surface area contributed by atoms with Crippen LogP contribution in [0.5, 0.6) is 0 Å². The van der Waals surface area contributed by atoms with E-state index in [4.69, 9.17) is 4.84 Å². The van der Waals surface area contributed by atoms with Crippen molar-refractivity contribution in [2.45, 2.75) is 39.0 Å². The zero-order chi connectivity index (χ0) is 12.8. The third-order valence-corrected chi connectivity index (χ3v) is 3.14. The fourth-order valence-electron chi connectivity index (χ4n) is 2.06. The van der Waals surface area contributed by atoms with Crippen molar-refractivity contribution < 1.29 is 9.63 Å². The van der Waals surface area contributed by atoms with E-state index in [0.29, 0.717) is 11.4 Å². The molecule has 0 saturated heterocycles. The molecule has 1 aromatic heterocycles. The number of aromatic nitrogens is 2. The predicted molar refractivity (Wildman–Crippen MR) is 66.9 cm³/mol. The van der Waals surface area contributed by atoms with Gasteiger partial charge >= 0.3 is 5.97 Å². The van der Waals surface area contributed by atoms with Crippen LogP contribution in [0.1, 0.15) is 44.7 Å². The smallest absolute Gasteiger partial charge is 0.318 e. The van der Waals surface area contributed by atoms with Crippen molar-refractivity contribution in [2.75, 3.05) is 0 Å². The van der Waals surface area contributed by atoms with E-state index in [1.54, 1.807) is 25.5 Å². The Bertz CT molecular complexity index is 425. The summed E-state index contributed by atoms with van der Waals surface area (Å²) in [4.78, 5) is 24.8. The molecule has 1 saturated carbocycles. The molecule has 1 aliphatic rings. The van der Waals surface area contributed by atoms with Crippen LogP contribution in [-0.2, 0) is 9.63 Å². The lowest BCUT2D eigenvalue weighted by Gasteiger charge is -2.18. The van der Waals surface area contributed by atoms with Crippen molar-refractivity contribution in [3.8, 4) is 0 Å². The Hall–Kier alpha value is -1.78. The van der Waals surface area contributed by atoms with Gasteiger partial charge in [0.15, 0.2) is 0 Å². The number of oxime groups is 1. The van der Waals surface area contributed by atoms with E-state index in [2.05, 4.69) is 15.1 Å². The Labute approximate surface area is 106 Å². The summed E-state index contributed by atoms with van der Waals surface area (Å²) < 4.78 is 0. The summed E-state index contributed by atoms with van der Waals surface area (Å²) in [6.45, 7) is 1.75. The first-order valence-electron chi connectivity index (χ1n) is 6.29. The van der Waals surface area contributed by atoms with Gasteiger partial charge in [0.1, 0.15) is 11.4 Å². The third-order valence-electron chi connectivity index (χ3n) is 3.14. The highest BCUT2D eigenvalue weighted by Crippen LogP contribution is 2.24. The fourth-order valence-corrected chi connectivity index (χ4v) is 2.06. The van der Waals surface area contributed by atoms with E-state index in [-0.39, 0.29) is 11.9 Å². The minimum Gasteiger partial charge on any atom is -0.318 e. The highest BCUT2D eigenvalue weighted by Gasteiger charge is 2.22. The molecule has 0 aromatic carbocycles. The molecule has 5 heteroatoms. The van der Waals surface area contributed by atoms with E-state index in [1.165, 1.54) is 6.42 Å². The van der Waals surface area contributed by atoms with Gasteiger partial charge < -0.3 is 4.84 Å². The molecule has 18 heavy (non-hydrogen) atoms. The largest absolute Gasteiger partial charge is 0.338 e. The van der Waals surface area contributed by atoms with Crippen LogP contribution in [0.2, 0.25) is 0 Å². The zero-order valence-electron chi connectivity index (χ0n) is 10.5. The monoisotopic (exact) mass is 247 g/mol. The van der Waals surface area contributed by atoms with E-state index in [9.17, 15) is 4.79 Å². The first-order chi connectivity index (χ1) is 8.77. The van der Waals surface area contributed by atoms with Crippen molar-refractivity contribution >= 4 is 11.7 Å². The lowest BCUT2D eigenvalue weighted by Crippen LogP contribution is -2.19. The molecule has 0 radical (unpaired) electrons. The van der Waals surface area contributed by atoms with E-state index in [1.807, 2.05) is 0 Å². The molecular formula is C13H17N3O2. The summed E-state index contributed by atoms with van der Waals surface area (Å²) in [6.07, 6.45) is 10.0. The highest BCUT2D eigenvalue weighted by molar-refractivity contribution is 5.96. The second-order valence-corrected chi connectivity index (χ2v) is 4.51. The van der Waals surface area contributed by atoms with Gasteiger partial charge in [-0.25, -0.2) is 4.79 Å². The maximum absolute atomic E-state index is 11.8. The fraction of sp³-hybridized carbons (Fsp3) is 0.538. The number of carbonyl (C=O) groups is 1. The summed E-state index contributed by atoms with van der Waals surface area (Å²) in [5.74, 6) is -0.213. The first kappa shape index (κ1) is 12.7. The summed E-state index contributed by atoms with van der Waals surface area (Å²) in [5, 5.41) is 3.83. The van der Waals surface area contributed by atoms with Gasteiger partial charge in [0.05, 0.1) is 12.1 Å². The van der Waals surface area contributed by atoms with Gasteiger partial charge in [-0.1, -0.05) is 24.4 Å². The van der Waals surface area contributed by atoms with Gasteiger partial charge in [-0.2, -0.15) is 0 Å². The van der Waals surface area contributed by atoms with Gasteiger partial charge in [0.25, 0.3) is 0 Å². The molecule has 5 nitrogen and oxygen atoms in total. The maximum atomic E-state index is 11.8. The quantitative estimate of drug-likeness (QED) is 0.467. The summed E-state index contributed by atoms with van der Waals surface area (Å²) in [6, 6.07) is 0. The normalized spacial score (nSPS) is 17.5. The van der Waals surface area contributed by atoms with Crippen LogP contribution in [0.25, 0.3) is 0 Å². The molecule has 0 N–H and O–H groups in total. The molecule has 2 rings (SSSR count). The van der Waals surface area contributed by atoms with Crippen LogP contribution in [0, 0.1) is 5.92 Å². The lowest BCUT2D eigenvalue weighted by molar-refractivity contribution is -0.149. The van der Waals surface area contributed by atoms with Crippen LogP contribution in [0.15, 0.2) is 23.7 Å². The minimum atomic E-state index is -0.224. The molecule has 0 amide bonds. The molecular weight excluding hydrogens is 230 g/mol. The van der Waals surface area contributed by atoms with Gasteiger partial charge in [0, 0.05) is 12.4 Å². The van der Waals surface area contributed by atoms with Gasteiger partial charge in [-0.3, -0.25) is 9.97 Å². The van der Waals surface area contributed by atoms with Crippen LogP contribution in [-0.4, -0.2) is 21.6 Å². The number of carbonyl (C=O) groups excluding carboxylic acids is 1. The molecule has 0 unspecified atom stereocenters. The van der Waals surface area contributed by atoms with E-state index >= 15 is 0 Å².